The molecule has 22 heavy (non-hydrogen) atoms. The molecule has 2 aliphatic rings. The monoisotopic (exact) mass is 300 g/mol. The van der Waals surface area contributed by atoms with Gasteiger partial charge in [0.2, 0.25) is 0 Å². The summed E-state index contributed by atoms with van der Waals surface area (Å²) in [6, 6.07) is 6.21. The molecule has 1 N–H and O–H groups in total. The van der Waals surface area contributed by atoms with Gasteiger partial charge in [0.25, 0.3) is 5.69 Å². The lowest BCUT2D eigenvalue weighted by Gasteiger charge is -2.31. The number of nitro benzene ring substituents is 1. The maximum atomic E-state index is 12.7. The predicted molar refractivity (Wildman–Crippen MR) is 84.4 cm³/mol. The number of rotatable bonds is 3. The van der Waals surface area contributed by atoms with E-state index in [1.165, 1.54) is 12.1 Å². The SMILES string of the molecule is CC1(C)[C@H]2CC[C@]1(C)C(=O)/C2=C\Nc1ccc([N+](=O)[O-])cc1. The molecular weight excluding hydrogens is 280 g/mol. The lowest BCUT2D eigenvalue weighted by atomic mass is 9.70. The number of allylic oxidation sites excluding steroid dienone is 1. The second-order valence-corrected chi connectivity index (χ2v) is 7.02. The van der Waals surface area contributed by atoms with Crippen LogP contribution in [-0.2, 0) is 4.79 Å². The van der Waals surface area contributed by atoms with Gasteiger partial charge in [0.1, 0.15) is 0 Å². The van der Waals surface area contributed by atoms with E-state index < -0.39 is 4.92 Å². The van der Waals surface area contributed by atoms with E-state index in [2.05, 4.69) is 26.1 Å². The van der Waals surface area contributed by atoms with Gasteiger partial charge in [-0.2, -0.15) is 0 Å². The lowest BCUT2D eigenvalue weighted by molar-refractivity contribution is -0.384. The second kappa shape index (κ2) is 4.66. The van der Waals surface area contributed by atoms with Crippen molar-refractivity contribution in [3.8, 4) is 0 Å². The molecule has 1 aromatic carbocycles. The number of hydrogen-bond acceptors (Lipinski definition) is 4. The Morgan fingerprint density at radius 2 is 1.91 bits per heavy atom. The van der Waals surface area contributed by atoms with E-state index in [0.717, 1.165) is 24.1 Å². The van der Waals surface area contributed by atoms with Crippen molar-refractivity contribution in [2.75, 3.05) is 5.32 Å². The van der Waals surface area contributed by atoms with E-state index >= 15 is 0 Å². The Balaban J connectivity index is 1.82. The number of benzene rings is 1. The van der Waals surface area contributed by atoms with Crippen molar-refractivity contribution in [3.63, 3.8) is 0 Å². The zero-order chi connectivity index (χ0) is 16.1. The molecule has 3 rings (SSSR count). The quantitative estimate of drug-likeness (QED) is 0.522. The third kappa shape index (κ3) is 1.88. The van der Waals surface area contributed by atoms with E-state index in [0.29, 0.717) is 0 Å². The van der Waals surface area contributed by atoms with E-state index in [1.54, 1.807) is 18.3 Å². The molecule has 0 heterocycles. The highest BCUT2D eigenvalue weighted by Gasteiger charge is 2.63. The Morgan fingerprint density at radius 3 is 2.41 bits per heavy atom. The Bertz CT molecular complexity index is 676. The van der Waals surface area contributed by atoms with Crippen LogP contribution in [-0.4, -0.2) is 10.7 Å². The Hall–Kier alpha value is -2.17. The highest BCUT2D eigenvalue weighted by Crippen LogP contribution is 2.65. The first-order valence-corrected chi connectivity index (χ1v) is 7.53. The smallest absolute Gasteiger partial charge is 0.269 e. The van der Waals surface area contributed by atoms with Crippen molar-refractivity contribution in [2.24, 2.45) is 16.7 Å². The van der Waals surface area contributed by atoms with Crippen molar-refractivity contribution in [1.82, 2.24) is 0 Å². The number of nitro groups is 1. The molecule has 2 fully saturated rings. The van der Waals surface area contributed by atoms with Crippen molar-refractivity contribution in [2.45, 2.75) is 33.6 Å². The number of nitrogens with zero attached hydrogens (tertiary/aromatic N) is 1. The van der Waals surface area contributed by atoms with Crippen molar-refractivity contribution in [1.29, 1.82) is 0 Å². The van der Waals surface area contributed by atoms with Gasteiger partial charge in [-0.3, -0.25) is 14.9 Å². The minimum Gasteiger partial charge on any atom is -0.361 e. The van der Waals surface area contributed by atoms with Crippen molar-refractivity contribution < 1.29 is 9.72 Å². The van der Waals surface area contributed by atoms with E-state index in [1.807, 2.05) is 0 Å². The van der Waals surface area contributed by atoms with Crippen LogP contribution in [0.5, 0.6) is 0 Å². The van der Waals surface area contributed by atoms with Gasteiger partial charge in [-0.25, -0.2) is 0 Å². The van der Waals surface area contributed by atoms with Crippen LogP contribution >= 0.6 is 0 Å². The standard InChI is InChI=1S/C17H20N2O3/c1-16(2)14-8-9-17(16,3)15(20)13(14)10-18-11-4-6-12(7-5-11)19(21)22/h4-7,10,14,18H,8-9H2,1-3H3/b13-10-/t14-,17+/m0/s1. The van der Waals surface area contributed by atoms with Gasteiger partial charge in [-0.15, -0.1) is 0 Å². The molecular formula is C17H20N2O3. The second-order valence-electron chi connectivity index (χ2n) is 7.02. The Morgan fingerprint density at radius 1 is 1.27 bits per heavy atom. The summed E-state index contributed by atoms with van der Waals surface area (Å²) in [4.78, 5) is 22.9. The fourth-order valence-corrected chi connectivity index (χ4v) is 3.93. The summed E-state index contributed by atoms with van der Waals surface area (Å²) < 4.78 is 0. The minimum atomic E-state index is -0.426. The molecule has 0 aliphatic heterocycles. The Kier molecular flexibility index (Phi) is 3.13. The maximum absolute atomic E-state index is 12.7. The van der Waals surface area contributed by atoms with Crippen LogP contribution in [0.4, 0.5) is 11.4 Å². The number of anilines is 1. The van der Waals surface area contributed by atoms with Gasteiger partial charge < -0.3 is 5.32 Å². The fraction of sp³-hybridized carbons (Fsp3) is 0.471. The summed E-state index contributed by atoms with van der Waals surface area (Å²) in [6.07, 6.45) is 3.79. The number of fused-ring (bicyclic) bond motifs is 2. The summed E-state index contributed by atoms with van der Waals surface area (Å²) in [5.74, 6) is 0.527. The van der Waals surface area contributed by atoms with Gasteiger partial charge in [0, 0.05) is 35.0 Å². The predicted octanol–water partition coefficient (Wildman–Crippen LogP) is 3.92. The average Bonchev–Trinajstić information content (AvgIpc) is 2.78. The molecule has 5 nitrogen and oxygen atoms in total. The van der Waals surface area contributed by atoms with Gasteiger partial charge in [0.05, 0.1) is 4.92 Å². The molecule has 2 bridgehead atoms. The summed E-state index contributed by atoms with van der Waals surface area (Å²) >= 11 is 0. The molecule has 116 valence electrons. The van der Waals surface area contributed by atoms with Crippen LogP contribution in [0.15, 0.2) is 36.0 Å². The molecule has 0 saturated heterocycles. The van der Waals surface area contributed by atoms with Gasteiger partial charge in [0.15, 0.2) is 5.78 Å². The largest absolute Gasteiger partial charge is 0.361 e. The summed E-state index contributed by atoms with van der Waals surface area (Å²) in [5, 5.41) is 13.8. The van der Waals surface area contributed by atoms with E-state index in [4.69, 9.17) is 0 Å². The number of Topliss-reactive ketones (excluding diaryl/α,β-unsaturated/α-hetero) is 1. The number of ketones is 1. The van der Waals surface area contributed by atoms with Crippen LogP contribution in [0.3, 0.4) is 0 Å². The normalized spacial score (nSPS) is 30.8. The van der Waals surface area contributed by atoms with Crippen LogP contribution in [0, 0.1) is 26.9 Å². The minimum absolute atomic E-state index is 0.00687. The number of hydrogen-bond donors (Lipinski definition) is 1. The first kappa shape index (κ1) is 14.8. The zero-order valence-electron chi connectivity index (χ0n) is 13.1. The first-order chi connectivity index (χ1) is 10.3. The summed E-state index contributed by atoms with van der Waals surface area (Å²) in [6.45, 7) is 6.42. The van der Waals surface area contributed by atoms with E-state index in [9.17, 15) is 14.9 Å². The topological polar surface area (TPSA) is 72.2 Å². The first-order valence-electron chi connectivity index (χ1n) is 7.53. The third-order valence-electron chi connectivity index (χ3n) is 5.84. The molecule has 0 spiro atoms. The molecule has 0 aromatic heterocycles. The maximum Gasteiger partial charge on any atom is 0.269 e. The average molecular weight is 300 g/mol. The highest BCUT2D eigenvalue weighted by atomic mass is 16.6. The molecule has 0 radical (unpaired) electrons. The highest BCUT2D eigenvalue weighted by molar-refractivity contribution is 6.04. The Labute approximate surface area is 129 Å². The molecule has 2 saturated carbocycles. The lowest BCUT2D eigenvalue weighted by Crippen LogP contribution is -2.32. The number of carbonyl (C=O) groups excluding carboxylic acids is 1. The van der Waals surface area contributed by atoms with E-state index in [-0.39, 0.29) is 28.2 Å². The number of carbonyl (C=O) groups is 1. The van der Waals surface area contributed by atoms with Gasteiger partial charge in [-0.05, 0) is 36.3 Å². The molecule has 0 amide bonds. The molecule has 2 aliphatic carbocycles. The van der Waals surface area contributed by atoms with Crippen molar-refractivity contribution >= 4 is 17.2 Å². The number of nitrogens with one attached hydrogen (secondary N) is 1. The molecule has 1 aromatic rings. The van der Waals surface area contributed by atoms with Crippen LogP contribution < -0.4 is 5.32 Å². The van der Waals surface area contributed by atoms with Crippen LogP contribution in [0.2, 0.25) is 0 Å². The molecule has 2 atom stereocenters. The summed E-state index contributed by atoms with van der Waals surface area (Å²) in [7, 11) is 0. The van der Waals surface area contributed by atoms with Crippen LogP contribution in [0.1, 0.15) is 33.6 Å². The van der Waals surface area contributed by atoms with Crippen molar-refractivity contribution in [3.05, 3.63) is 46.2 Å². The van der Waals surface area contributed by atoms with Gasteiger partial charge >= 0.3 is 0 Å². The number of non-ortho nitro benzene ring substituents is 1. The van der Waals surface area contributed by atoms with Crippen LogP contribution in [0.25, 0.3) is 0 Å². The summed E-state index contributed by atoms with van der Waals surface area (Å²) in [5.41, 5.74) is 1.39. The molecule has 0 unspecified atom stereocenters. The zero-order valence-corrected chi connectivity index (χ0v) is 13.1. The fourth-order valence-electron chi connectivity index (χ4n) is 3.93. The molecule has 5 heteroatoms. The van der Waals surface area contributed by atoms with Gasteiger partial charge in [-0.1, -0.05) is 20.8 Å². The third-order valence-corrected chi connectivity index (χ3v) is 5.84.